The Morgan fingerprint density at radius 3 is 1.27 bits per heavy atom. The molecule has 0 saturated carbocycles. The van der Waals surface area contributed by atoms with Crippen LogP contribution in [0.2, 0.25) is 0 Å². The summed E-state index contributed by atoms with van der Waals surface area (Å²) in [7, 11) is 0. The van der Waals surface area contributed by atoms with E-state index in [4.69, 9.17) is 0 Å². The van der Waals surface area contributed by atoms with Crippen LogP contribution < -0.4 is 21.2 Å². The highest BCUT2D eigenvalue weighted by molar-refractivity contribution is 14.1. The third kappa shape index (κ3) is 3.85. The maximum atomic E-state index is 2.34. The minimum absolute atomic E-state index is 0.00353. The van der Waals surface area contributed by atoms with Crippen LogP contribution in [0.3, 0.4) is 0 Å². The van der Waals surface area contributed by atoms with Gasteiger partial charge in [0.15, 0.2) is 7.14 Å². The number of hydrogen-bond acceptors (Lipinski definition) is 0. The van der Waals surface area contributed by atoms with E-state index in [9.17, 15) is 0 Å². The molecule has 0 amide bonds. The highest BCUT2D eigenvalue weighted by Gasteiger charge is 2.14. The van der Waals surface area contributed by atoms with E-state index in [-0.39, 0.29) is 21.2 Å². The Labute approximate surface area is 127 Å². The van der Waals surface area contributed by atoms with Crippen LogP contribution in [-0.2, 0) is 0 Å². The molecule has 0 fully saturated rings. The van der Waals surface area contributed by atoms with Gasteiger partial charge in [0.1, 0.15) is 0 Å². The molecule has 0 saturated heterocycles. The SMILES string of the molecule is Ic1ccc([I+]c2ccc(I)cc2)cc1. The van der Waals surface area contributed by atoms with E-state index in [1.54, 1.807) is 0 Å². The molecule has 0 spiro atoms. The lowest BCUT2D eigenvalue weighted by atomic mass is 10.4. The zero-order valence-electron chi connectivity index (χ0n) is 7.75. The van der Waals surface area contributed by atoms with Gasteiger partial charge in [0.2, 0.25) is 0 Å². The highest BCUT2D eigenvalue weighted by Crippen LogP contribution is 2.02. The Morgan fingerprint density at radius 1 is 0.600 bits per heavy atom. The Bertz CT molecular complexity index is 388. The quantitative estimate of drug-likeness (QED) is 0.507. The van der Waals surface area contributed by atoms with Crippen molar-refractivity contribution in [3.8, 4) is 0 Å². The second-order valence-corrected chi connectivity index (χ2v) is 8.49. The maximum absolute atomic E-state index is 2.34. The van der Waals surface area contributed by atoms with Crippen molar-refractivity contribution in [1.82, 2.24) is 0 Å². The summed E-state index contributed by atoms with van der Waals surface area (Å²) in [5, 5.41) is 0. The van der Waals surface area contributed by atoms with Crippen LogP contribution in [0.4, 0.5) is 0 Å². The molecule has 0 aliphatic carbocycles. The number of halogens is 3. The molecule has 0 aromatic heterocycles. The molecule has 0 N–H and O–H groups in total. The van der Waals surface area contributed by atoms with Gasteiger partial charge in [0.25, 0.3) is 0 Å². The first-order valence-corrected chi connectivity index (χ1v) is 8.71. The summed E-state index contributed by atoms with van der Waals surface area (Å²) in [6, 6.07) is 17.7. The summed E-state index contributed by atoms with van der Waals surface area (Å²) in [5.74, 6) is 0. The molecule has 76 valence electrons. The Kier molecular flexibility index (Phi) is 4.68. The van der Waals surface area contributed by atoms with E-state index < -0.39 is 0 Å². The Hall–Kier alpha value is 0.630. The van der Waals surface area contributed by atoms with E-state index in [1.165, 1.54) is 14.3 Å². The second-order valence-electron chi connectivity index (χ2n) is 2.97. The molecular weight excluding hydrogens is 525 g/mol. The van der Waals surface area contributed by atoms with E-state index >= 15 is 0 Å². The van der Waals surface area contributed by atoms with Crippen LogP contribution in [0.15, 0.2) is 48.5 Å². The number of hydrogen-bond donors (Lipinski definition) is 0. The predicted molar refractivity (Wildman–Crippen MR) is 75.7 cm³/mol. The smallest absolute Gasteiger partial charge is 0.0443 e. The fourth-order valence-corrected chi connectivity index (χ4v) is 3.99. The van der Waals surface area contributed by atoms with E-state index in [0.717, 1.165) is 0 Å². The molecule has 2 rings (SSSR count). The van der Waals surface area contributed by atoms with Gasteiger partial charge in [-0.25, -0.2) is 0 Å². The van der Waals surface area contributed by atoms with Crippen molar-refractivity contribution in [2.24, 2.45) is 0 Å². The van der Waals surface area contributed by atoms with Gasteiger partial charge in [-0.3, -0.25) is 0 Å². The third-order valence-corrected chi connectivity index (χ3v) is 5.95. The summed E-state index contributed by atoms with van der Waals surface area (Å²) >= 11 is 4.68. The van der Waals surface area contributed by atoms with Crippen LogP contribution in [0.5, 0.6) is 0 Å². The topological polar surface area (TPSA) is 0 Å². The Morgan fingerprint density at radius 2 is 0.933 bits per heavy atom. The second kappa shape index (κ2) is 5.81. The first-order chi connectivity index (χ1) is 7.24. The van der Waals surface area contributed by atoms with Crippen LogP contribution >= 0.6 is 45.2 Å². The largest absolute Gasteiger partial charge is 0.357 e. The highest BCUT2D eigenvalue weighted by atomic mass is 127. The molecule has 2 aromatic carbocycles. The molecule has 0 aliphatic heterocycles. The van der Waals surface area contributed by atoms with Crippen molar-refractivity contribution in [2.75, 3.05) is 0 Å². The van der Waals surface area contributed by atoms with Crippen molar-refractivity contribution in [3.63, 3.8) is 0 Å². The van der Waals surface area contributed by atoms with Gasteiger partial charge < -0.3 is 0 Å². The van der Waals surface area contributed by atoms with Gasteiger partial charge in [-0.1, -0.05) is 0 Å². The average Bonchev–Trinajstić information content (AvgIpc) is 2.25. The monoisotopic (exact) mass is 533 g/mol. The molecule has 0 unspecified atom stereocenters. The van der Waals surface area contributed by atoms with Gasteiger partial charge in [0.05, 0.1) is 0 Å². The average molecular weight is 533 g/mol. The normalized spacial score (nSPS) is 10.3. The third-order valence-electron chi connectivity index (χ3n) is 1.83. The Balaban J connectivity index is 2.15. The molecule has 2 aromatic rings. The summed E-state index contributed by atoms with van der Waals surface area (Å²) in [5.41, 5.74) is 0. The molecule has 0 atom stereocenters. The van der Waals surface area contributed by atoms with Crippen LogP contribution in [-0.4, -0.2) is 0 Å². The van der Waals surface area contributed by atoms with Crippen molar-refractivity contribution in [3.05, 3.63) is 62.8 Å². The fraction of sp³-hybridized carbons (Fsp3) is 0. The van der Waals surface area contributed by atoms with Crippen LogP contribution in [0, 0.1) is 14.3 Å². The van der Waals surface area contributed by atoms with Gasteiger partial charge in [-0.15, -0.1) is 0 Å². The van der Waals surface area contributed by atoms with Gasteiger partial charge in [0, 0.05) is 7.14 Å². The van der Waals surface area contributed by atoms with E-state index in [0.29, 0.717) is 0 Å². The first kappa shape index (κ1) is 12.1. The fourth-order valence-electron chi connectivity index (χ4n) is 1.11. The molecule has 0 radical (unpaired) electrons. The minimum atomic E-state index is -0.00353. The zero-order valence-corrected chi connectivity index (χ0v) is 14.2. The molecule has 3 heteroatoms. The lowest BCUT2D eigenvalue weighted by Crippen LogP contribution is -3.61. The summed E-state index contributed by atoms with van der Waals surface area (Å²) in [6.07, 6.45) is 0. The molecule has 15 heavy (non-hydrogen) atoms. The number of benzene rings is 2. The van der Waals surface area contributed by atoms with E-state index in [2.05, 4.69) is 93.7 Å². The van der Waals surface area contributed by atoms with Gasteiger partial charge in [-0.05, 0) is 93.7 Å². The molecule has 0 heterocycles. The van der Waals surface area contributed by atoms with Crippen molar-refractivity contribution in [1.29, 1.82) is 0 Å². The van der Waals surface area contributed by atoms with E-state index in [1.807, 2.05) is 0 Å². The van der Waals surface area contributed by atoms with Crippen molar-refractivity contribution < 1.29 is 21.2 Å². The molecule has 0 bridgehead atoms. The standard InChI is InChI=1S/C12H8I3/c13-9-1-5-11(6-2-9)15-12-7-3-10(14)4-8-12/h1-8H/q+1. The first-order valence-electron chi connectivity index (χ1n) is 4.40. The van der Waals surface area contributed by atoms with Crippen molar-refractivity contribution in [2.45, 2.75) is 0 Å². The summed E-state index contributed by atoms with van der Waals surface area (Å²) < 4.78 is 5.58. The molecule has 0 nitrogen and oxygen atoms in total. The van der Waals surface area contributed by atoms with Gasteiger partial charge >= 0.3 is 21.2 Å². The number of rotatable bonds is 2. The van der Waals surface area contributed by atoms with Crippen molar-refractivity contribution >= 4 is 45.2 Å². The molecular formula is C12H8I3+. The lowest BCUT2D eigenvalue weighted by molar-refractivity contribution is -0.597. The van der Waals surface area contributed by atoms with Crippen LogP contribution in [0.25, 0.3) is 0 Å². The summed E-state index contributed by atoms with van der Waals surface area (Å²) in [6.45, 7) is 0. The predicted octanol–water partition coefficient (Wildman–Crippen LogP) is 1.02. The minimum Gasteiger partial charge on any atom is -0.0443 e. The lowest BCUT2D eigenvalue weighted by Gasteiger charge is -1.89. The summed E-state index contributed by atoms with van der Waals surface area (Å²) in [4.78, 5) is 0. The van der Waals surface area contributed by atoms with Crippen LogP contribution in [0.1, 0.15) is 0 Å². The van der Waals surface area contributed by atoms with Gasteiger partial charge in [-0.2, -0.15) is 0 Å². The molecule has 0 aliphatic rings. The zero-order chi connectivity index (χ0) is 10.7. The maximum Gasteiger partial charge on any atom is 0.357 e.